The zero-order valence-electron chi connectivity index (χ0n) is 17.1. The number of hydrogen-bond acceptors (Lipinski definition) is 8. The second-order valence-corrected chi connectivity index (χ2v) is 9.18. The average Bonchev–Trinajstić information content (AvgIpc) is 3.04. The van der Waals surface area contributed by atoms with Crippen molar-refractivity contribution in [2.45, 2.75) is 53.9 Å². The van der Waals surface area contributed by atoms with E-state index in [1.165, 1.54) is 12.1 Å². The van der Waals surface area contributed by atoms with Crippen LogP contribution in [0, 0.1) is 5.41 Å². The second-order valence-electron chi connectivity index (χ2n) is 8.15. The van der Waals surface area contributed by atoms with E-state index < -0.39 is 11.9 Å². The molecule has 2 aromatic rings. The number of anilines is 2. The molecule has 4 rings (SSSR count). The number of aromatic nitrogens is 3. The first-order valence-corrected chi connectivity index (χ1v) is 11.0. The van der Waals surface area contributed by atoms with Crippen LogP contribution in [-0.4, -0.2) is 52.3 Å². The molecule has 1 aliphatic heterocycles. The number of aliphatic hydroxyl groups excluding tert-OH is 1. The van der Waals surface area contributed by atoms with Crippen LogP contribution >= 0.6 is 11.8 Å². The van der Waals surface area contributed by atoms with Gasteiger partial charge in [-0.05, 0) is 50.3 Å². The minimum Gasteiger partial charge on any atom is -0.393 e. The number of aliphatic hydroxyl groups is 1. The van der Waals surface area contributed by atoms with Crippen molar-refractivity contribution in [3.8, 4) is 0 Å². The molecule has 0 unspecified atom stereocenters. The highest BCUT2D eigenvalue weighted by Gasteiger charge is 2.47. The van der Waals surface area contributed by atoms with Crippen LogP contribution in [0.1, 0.15) is 31.4 Å². The molecule has 2 aliphatic rings. The maximum atomic E-state index is 13.2. The minimum atomic E-state index is -4.56. The Labute approximate surface area is 182 Å². The molecule has 7 nitrogen and oxygen atoms in total. The largest absolute Gasteiger partial charge is 0.434 e. The molecule has 31 heavy (non-hydrogen) atoms. The van der Waals surface area contributed by atoms with E-state index in [1.54, 1.807) is 6.20 Å². The molecule has 0 aromatic carbocycles. The molecule has 168 valence electrons. The lowest BCUT2D eigenvalue weighted by molar-refractivity contribution is -0.143. The predicted molar refractivity (Wildman–Crippen MR) is 112 cm³/mol. The monoisotopic (exact) mass is 454 g/mol. The zero-order valence-corrected chi connectivity index (χ0v) is 17.9. The van der Waals surface area contributed by atoms with Gasteiger partial charge in [-0.25, -0.2) is 9.97 Å². The Hall–Kier alpha value is -2.11. The van der Waals surface area contributed by atoms with Gasteiger partial charge in [0, 0.05) is 30.2 Å². The molecule has 2 fully saturated rings. The van der Waals surface area contributed by atoms with Gasteiger partial charge in [0.05, 0.1) is 12.3 Å². The lowest BCUT2D eigenvalue weighted by atomic mass is 9.74. The van der Waals surface area contributed by atoms with Gasteiger partial charge in [0.1, 0.15) is 10.8 Å². The highest BCUT2D eigenvalue weighted by molar-refractivity contribution is 7.99. The molecule has 4 N–H and O–H groups in total. The molecule has 1 aliphatic carbocycles. The zero-order chi connectivity index (χ0) is 22.2. The van der Waals surface area contributed by atoms with Crippen molar-refractivity contribution in [2.75, 3.05) is 30.8 Å². The Bertz CT molecular complexity index is 935. The van der Waals surface area contributed by atoms with Crippen molar-refractivity contribution in [3.63, 3.8) is 0 Å². The summed E-state index contributed by atoms with van der Waals surface area (Å²) in [6.07, 6.45) is 1.22. The number of piperidine rings is 1. The van der Waals surface area contributed by atoms with Crippen molar-refractivity contribution in [2.24, 2.45) is 5.41 Å². The third-order valence-electron chi connectivity index (χ3n) is 6.32. The Kier molecular flexibility index (Phi) is 6.01. The molecule has 1 saturated heterocycles. The smallest absolute Gasteiger partial charge is 0.393 e. The summed E-state index contributed by atoms with van der Waals surface area (Å²) in [5, 5.41) is 13.7. The molecule has 2 aromatic heterocycles. The van der Waals surface area contributed by atoms with Crippen molar-refractivity contribution >= 4 is 23.4 Å². The van der Waals surface area contributed by atoms with Crippen LogP contribution in [0.5, 0.6) is 0 Å². The van der Waals surface area contributed by atoms with Crippen LogP contribution in [0.3, 0.4) is 0 Å². The number of nitrogens with one attached hydrogen (secondary N) is 1. The summed E-state index contributed by atoms with van der Waals surface area (Å²) in [6, 6.07) is 3.08. The molecule has 0 radical (unpaired) electrons. The molecule has 3 heterocycles. The lowest BCUT2D eigenvalue weighted by Gasteiger charge is -2.43. The van der Waals surface area contributed by atoms with Gasteiger partial charge < -0.3 is 21.1 Å². The van der Waals surface area contributed by atoms with E-state index >= 15 is 0 Å². The van der Waals surface area contributed by atoms with Gasteiger partial charge in [-0.15, -0.1) is 0 Å². The molecular formula is C20H25F3N6OS. The van der Waals surface area contributed by atoms with E-state index in [1.807, 2.05) is 7.05 Å². The molecule has 0 bridgehead atoms. The number of nitrogen functional groups attached to an aromatic ring is 1. The van der Waals surface area contributed by atoms with Gasteiger partial charge in [-0.3, -0.25) is 4.98 Å². The first-order valence-electron chi connectivity index (χ1n) is 10.1. The second kappa shape index (κ2) is 8.44. The number of rotatable bonds is 4. The summed E-state index contributed by atoms with van der Waals surface area (Å²) < 4.78 is 39.6. The first kappa shape index (κ1) is 22.1. The van der Waals surface area contributed by atoms with E-state index in [0.717, 1.165) is 56.7 Å². The van der Waals surface area contributed by atoms with Crippen LogP contribution in [0.4, 0.5) is 24.8 Å². The quantitative estimate of drug-likeness (QED) is 0.649. The summed E-state index contributed by atoms with van der Waals surface area (Å²) in [5.41, 5.74) is 5.16. The predicted octanol–water partition coefficient (Wildman–Crippen LogP) is 2.95. The molecule has 1 saturated carbocycles. The van der Waals surface area contributed by atoms with Crippen molar-refractivity contribution in [3.05, 3.63) is 30.2 Å². The molecular weight excluding hydrogens is 429 g/mol. The number of nitrogens with two attached hydrogens (primary N) is 1. The van der Waals surface area contributed by atoms with Crippen molar-refractivity contribution in [1.29, 1.82) is 0 Å². The van der Waals surface area contributed by atoms with Crippen molar-refractivity contribution in [1.82, 2.24) is 20.3 Å². The van der Waals surface area contributed by atoms with Gasteiger partial charge in [-0.2, -0.15) is 13.2 Å². The van der Waals surface area contributed by atoms with E-state index in [-0.39, 0.29) is 27.3 Å². The fourth-order valence-corrected chi connectivity index (χ4v) is 5.65. The summed E-state index contributed by atoms with van der Waals surface area (Å²) in [7, 11) is 1.94. The summed E-state index contributed by atoms with van der Waals surface area (Å²) in [4.78, 5) is 14.2. The topological polar surface area (TPSA) is 100 Å². The number of alkyl halides is 3. The first-order chi connectivity index (χ1) is 14.7. The van der Waals surface area contributed by atoms with Gasteiger partial charge in [0.25, 0.3) is 0 Å². The third-order valence-corrected chi connectivity index (χ3v) is 7.38. The molecule has 1 spiro atoms. The summed E-state index contributed by atoms with van der Waals surface area (Å²) in [5.74, 6) is 0.697. The van der Waals surface area contributed by atoms with Gasteiger partial charge >= 0.3 is 6.18 Å². The number of pyridine rings is 1. The maximum Gasteiger partial charge on any atom is 0.434 e. The maximum absolute atomic E-state index is 13.2. The Morgan fingerprint density at radius 3 is 2.68 bits per heavy atom. The fourth-order valence-electron chi connectivity index (χ4n) is 4.78. The van der Waals surface area contributed by atoms with Crippen LogP contribution in [0.25, 0.3) is 0 Å². The standard InChI is InChI=1S/C20H25F3N6OS/c1-25-14-9-12(30)10-19(14)4-7-29(8-5-19)15-11-27-18(17(24)28-15)31-13-3-2-6-26-16(13)20(21,22)23/h2-3,6,11-12,14,25,30H,4-5,7-10H2,1H3,(H2,24,28)/t12-,14+/m0/s1. The van der Waals surface area contributed by atoms with Crippen LogP contribution in [-0.2, 0) is 6.18 Å². The lowest BCUT2D eigenvalue weighted by Crippen LogP contribution is -2.48. The van der Waals surface area contributed by atoms with Gasteiger partial charge in [0.15, 0.2) is 11.5 Å². The highest BCUT2D eigenvalue weighted by atomic mass is 32.2. The molecule has 11 heteroatoms. The molecule has 0 amide bonds. The summed E-state index contributed by atoms with van der Waals surface area (Å²) in [6.45, 7) is 1.51. The van der Waals surface area contributed by atoms with Crippen LogP contribution in [0.15, 0.2) is 34.4 Å². The Balaban J connectivity index is 1.47. The number of nitrogens with zero attached hydrogens (tertiary/aromatic N) is 4. The Morgan fingerprint density at radius 1 is 1.29 bits per heavy atom. The summed E-state index contributed by atoms with van der Waals surface area (Å²) >= 11 is 0.806. The average molecular weight is 455 g/mol. The SMILES string of the molecule is CN[C@@H]1C[C@H](O)CC12CCN(c1cnc(Sc3cccnc3C(F)(F)F)c(N)n1)CC2. The normalized spacial score (nSPS) is 23.5. The number of hydrogen-bond donors (Lipinski definition) is 3. The van der Waals surface area contributed by atoms with Crippen LogP contribution < -0.4 is 16.0 Å². The van der Waals surface area contributed by atoms with E-state index in [0.29, 0.717) is 11.9 Å². The molecule has 2 atom stereocenters. The minimum absolute atomic E-state index is 0.0680. The van der Waals surface area contributed by atoms with E-state index in [2.05, 4.69) is 25.2 Å². The van der Waals surface area contributed by atoms with E-state index in [4.69, 9.17) is 5.73 Å². The number of halogens is 3. The van der Waals surface area contributed by atoms with E-state index in [9.17, 15) is 18.3 Å². The highest BCUT2D eigenvalue weighted by Crippen LogP contribution is 2.47. The van der Waals surface area contributed by atoms with Gasteiger partial charge in [0.2, 0.25) is 0 Å². The van der Waals surface area contributed by atoms with Crippen LogP contribution in [0.2, 0.25) is 0 Å². The van der Waals surface area contributed by atoms with Crippen molar-refractivity contribution < 1.29 is 18.3 Å². The fraction of sp³-hybridized carbons (Fsp3) is 0.550. The third kappa shape index (κ3) is 4.44. The Morgan fingerprint density at radius 2 is 2.03 bits per heavy atom. The van der Waals surface area contributed by atoms with Gasteiger partial charge in [-0.1, -0.05) is 11.8 Å².